The van der Waals surface area contributed by atoms with Crippen LogP contribution in [0.25, 0.3) is 10.9 Å². The van der Waals surface area contributed by atoms with E-state index in [1.54, 1.807) is 0 Å². The predicted octanol–water partition coefficient (Wildman–Crippen LogP) is 1.25. The van der Waals surface area contributed by atoms with E-state index >= 15 is 0 Å². The number of hydrogen-bond donors (Lipinski definition) is 3. The molecule has 0 aliphatic heterocycles. The lowest BCUT2D eigenvalue weighted by molar-refractivity contribution is -0.138. The summed E-state index contributed by atoms with van der Waals surface area (Å²) in [5, 5.41) is 8.99. The van der Waals surface area contributed by atoms with Crippen LogP contribution in [0, 0.1) is 0 Å². The molecule has 2 aromatic rings. The predicted molar refractivity (Wildman–Crippen MR) is 52.9 cm³/mol. The standard InChI is InChI=1S/C10H10N2O2/c11-9(10(13)14)7-5-12-8-4-2-1-3-6(7)8/h1-5,9,12H,11H2,(H,13,14)/i1D,2D,3D,4D. The van der Waals surface area contributed by atoms with Gasteiger partial charge in [0.2, 0.25) is 0 Å². The molecule has 1 aromatic heterocycles. The molecule has 0 saturated heterocycles. The number of aromatic nitrogens is 1. The molecular formula is C10H10N2O2. The van der Waals surface area contributed by atoms with E-state index in [-0.39, 0.29) is 34.6 Å². The van der Waals surface area contributed by atoms with Gasteiger partial charge in [-0.2, -0.15) is 0 Å². The van der Waals surface area contributed by atoms with E-state index in [1.807, 2.05) is 0 Å². The Morgan fingerprint density at radius 1 is 1.57 bits per heavy atom. The minimum absolute atomic E-state index is 0.121. The highest BCUT2D eigenvalue weighted by atomic mass is 16.4. The summed E-state index contributed by atoms with van der Waals surface area (Å²) in [6, 6.07) is -2.65. The number of para-hydroxylation sites is 1. The summed E-state index contributed by atoms with van der Waals surface area (Å²) < 4.78 is 30.5. The van der Waals surface area contributed by atoms with Crippen LogP contribution >= 0.6 is 0 Å². The van der Waals surface area contributed by atoms with Gasteiger partial charge in [0, 0.05) is 22.7 Å². The average molecular weight is 194 g/mol. The Morgan fingerprint density at radius 2 is 2.29 bits per heavy atom. The minimum Gasteiger partial charge on any atom is -0.480 e. The van der Waals surface area contributed by atoms with Crippen molar-refractivity contribution < 1.29 is 15.4 Å². The molecule has 1 unspecified atom stereocenters. The van der Waals surface area contributed by atoms with Crippen LogP contribution in [-0.4, -0.2) is 16.1 Å². The Kier molecular flexibility index (Phi) is 1.16. The van der Waals surface area contributed by atoms with Crippen LogP contribution in [0.5, 0.6) is 0 Å². The second-order valence-corrected chi connectivity index (χ2v) is 2.81. The van der Waals surface area contributed by atoms with Crippen LogP contribution in [0.3, 0.4) is 0 Å². The molecule has 0 fully saturated rings. The number of nitrogens with two attached hydrogens (primary N) is 1. The lowest BCUT2D eigenvalue weighted by atomic mass is 10.1. The molecule has 0 radical (unpaired) electrons. The Bertz CT molecular complexity index is 653. The molecule has 0 aliphatic rings. The molecule has 1 aromatic carbocycles. The van der Waals surface area contributed by atoms with Crippen molar-refractivity contribution in [1.82, 2.24) is 4.98 Å². The van der Waals surface area contributed by atoms with Crippen molar-refractivity contribution in [2.24, 2.45) is 5.73 Å². The first-order valence-electron chi connectivity index (χ1n) is 5.92. The largest absolute Gasteiger partial charge is 0.480 e. The topological polar surface area (TPSA) is 79.1 Å². The van der Waals surface area contributed by atoms with Gasteiger partial charge in [0.15, 0.2) is 0 Å². The molecule has 72 valence electrons. The molecule has 14 heavy (non-hydrogen) atoms. The first-order valence-corrected chi connectivity index (χ1v) is 3.92. The quantitative estimate of drug-likeness (QED) is 0.673. The normalized spacial score (nSPS) is 16.9. The maximum absolute atomic E-state index is 10.9. The van der Waals surface area contributed by atoms with E-state index in [1.165, 1.54) is 6.20 Å². The maximum Gasteiger partial charge on any atom is 0.325 e. The average Bonchev–Trinajstić information content (AvgIpc) is 2.77. The molecule has 0 amide bonds. The van der Waals surface area contributed by atoms with Gasteiger partial charge in [-0.15, -0.1) is 0 Å². The molecule has 4 nitrogen and oxygen atoms in total. The summed E-state index contributed by atoms with van der Waals surface area (Å²) in [4.78, 5) is 13.5. The molecular weight excluding hydrogens is 180 g/mol. The number of rotatable bonds is 2. The number of carboxylic acid groups (broad SMARTS) is 1. The first-order chi connectivity index (χ1) is 8.36. The van der Waals surface area contributed by atoms with Gasteiger partial charge in [0.05, 0.1) is 5.48 Å². The Hall–Kier alpha value is -1.81. The zero-order valence-electron chi connectivity index (χ0n) is 11.1. The highest BCUT2D eigenvalue weighted by Gasteiger charge is 2.17. The van der Waals surface area contributed by atoms with Crippen LogP contribution in [0.2, 0.25) is 0 Å². The van der Waals surface area contributed by atoms with Gasteiger partial charge in [-0.1, -0.05) is 18.1 Å². The van der Waals surface area contributed by atoms with Gasteiger partial charge in [-0.25, -0.2) is 0 Å². The number of H-pyrrole nitrogens is 1. The second-order valence-electron chi connectivity index (χ2n) is 2.81. The highest BCUT2D eigenvalue weighted by molar-refractivity contribution is 5.88. The highest BCUT2D eigenvalue weighted by Crippen LogP contribution is 2.22. The van der Waals surface area contributed by atoms with Crippen molar-refractivity contribution in [3.63, 3.8) is 0 Å². The first kappa shape index (κ1) is 5.17. The van der Waals surface area contributed by atoms with Crippen molar-refractivity contribution in [2.45, 2.75) is 6.04 Å². The smallest absolute Gasteiger partial charge is 0.325 e. The molecule has 0 saturated carbocycles. The molecule has 1 atom stereocenters. The summed E-state index contributed by atoms with van der Waals surface area (Å²) in [7, 11) is 0. The number of nitrogens with one attached hydrogen (secondary N) is 1. The minimum atomic E-state index is -1.33. The molecule has 1 heterocycles. The van der Waals surface area contributed by atoms with Gasteiger partial charge in [0.25, 0.3) is 0 Å². The number of benzene rings is 1. The van der Waals surface area contributed by atoms with Crippen LogP contribution < -0.4 is 5.73 Å². The lowest BCUT2D eigenvalue weighted by Crippen LogP contribution is -2.20. The van der Waals surface area contributed by atoms with E-state index < -0.39 is 18.1 Å². The molecule has 4 heteroatoms. The van der Waals surface area contributed by atoms with Crippen molar-refractivity contribution in [3.05, 3.63) is 35.9 Å². The number of carbonyl (C=O) groups is 1. The number of fused-ring (bicyclic) bond motifs is 1. The Morgan fingerprint density at radius 3 is 3.00 bits per heavy atom. The third kappa shape index (κ3) is 1.25. The summed E-state index contributed by atoms with van der Waals surface area (Å²) >= 11 is 0. The fourth-order valence-electron chi connectivity index (χ4n) is 1.24. The molecule has 0 bridgehead atoms. The number of carboxylic acids is 1. The summed E-state index contributed by atoms with van der Waals surface area (Å²) in [5.41, 5.74) is 5.79. The van der Waals surface area contributed by atoms with E-state index in [0.717, 1.165) is 0 Å². The summed E-state index contributed by atoms with van der Waals surface area (Å²) in [6.45, 7) is 0. The monoisotopic (exact) mass is 194 g/mol. The van der Waals surface area contributed by atoms with Crippen molar-refractivity contribution in [1.29, 1.82) is 0 Å². The molecule has 4 N–H and O–H groups in total. The van der Waals surface area contributed by atoms with Gasteiger partial charge >= 0.3 is 5.97 Å². The number of aromatic amines is 1. The zero-order chi connectivity index (χ0) is 13.6. The van der Waals surface area contributed by atoms with Crippen molar-refractivity contribution in [3.8, 4) is 0 Å². The van der Waals surface area contributed by atoms with Crippen LogP contribution in [0.4, 0.5) is 0 Å². The summed E-state index contributed by atoms with van der Waals surface area (Å²) in [6.07, 6.45) is 1.30. The van der Waals surface area contributed by atoms with Gasteiger partial charge < -0.3 is 15.8 Å². The third-order valence-corrected chi connectivity index (χ3v) is 1.95. The van der Waals surface area contributed by atoms with E-state index in [4.69, 9.17) is 16.3 Å². The zero-order valence-corrected chi connectivity index (χ0v) is 7.09. The fraction of sp³-hybridized carbons (Fsp3) is 0.100. The van der Waals surface area contributed by atoms with Crippen molar-refractivity contribution >= 4 is 16.9 Å². The van der Waals surface area contributed by atoms with E-state index in [9.17, 15) is 4.79 Å². The second kappa shape index (κ2) is 3.16. The third-order valence-electron chi connectivity index (χ3n) is 1.95. The SMILES string of the molecule is [2H]c1c([2H])c([2H])c2c(C(N)C(=O)O)c[nH]c2c1[2H]. The number of hydrogen-bond acceptors (Lipinski definition) is 2. The van der Waals surface area contributed by atoms with Gasteiger partial charge in [0.1, 0.15) is 6.04 Å². The number of aliphatic carboxylic acids is 1. The van der Waals surface area contributed by atoms with E-state index in [2.05, 4.69) is 4.98 Å². The maximum atomic E-state index is 10.9. The van der Waals surface area contributed by atoms with Gasteiger partial charge in [-0.3, -0.25) is 4.79 Å². The van der Waals surface area contributed by atoms with Crippen LogP contribution in [0.15, 0.2) is 30.4 Å². The van der Waals surface area contributed by atoms with Gasteiger partial charge in [-0.05, 0) is 6.04 Å². The van der Waals surface area contributed by atoms with Crippen molar-refractivity contribution in [2.75, 3.05) is 0 Å². The molecule has 0 spiro atoms. The van der Waals surface area contributed by atoms with Crippen LogP contribution in [-0.2, 0) is 4.79 Å². The van der Waals surface area contributed by atoms with E-state index in [0.29, 0.717) is 0 Å². The molecule has 0 aliphatic carbocycles. The summed E-state index contributed by atoms with van der Waals surface area (Å²) in [5.74, 6) is -1.26. The Labute approximate surface area is 86.0 Å². The Balaban J connectivity index is 2.85. The van der Waals surface area contributed by atoms with Crippen LogP contribution in [0.1, 0.15) is 17.1 Å². The fourth-order valence-corrected chi connectivity index (χ4v) is 1.24. The molecule has 2 rings (SSSR count). The lowest BCUT2D eigenvalue weighted by Gasteiger charge is -2.03.